The van der Waals surface area contributed by atoms with Crippen LogP contribution in [0.25, 0.3) is 5.57 Å². The number of piperidine rings is 1. The Labute approximate surface area is 163 Å². The first-order chi connectivity index (χ1) is 13.4. The molecule has 150 valence electrons. The lowest BCUT2D eigenvalue weighted by molar-refractivity contribution is -0.141. The number of rotatable bonds is 5. The third kappa shape index (κ3) is 5.04. The van der Waals surface area contributed by atoms with Crippen molar-refractivity contribution in [3.05, 3.63) is 59.5 Å². The van der Waals surface area contributed by atoms with Crippen LogP contribution in [-0.2, 0) is 6.18 Å². The molecule has 0 aliphatic carbocycles. The molecule has 2 heterocycles. The molecule has 4 nitrogen and oxygen atoms in total. The highest BCUT2D eigenvalue weighted by Gasteiger charge is 2.32. The van der Waals surface area contributed by atoms with Gasteiger partial charge in [0.1, 0.15) is 5.69 Å². The highest BCUT2D eigenvalue weighted by molar-refractivity contribution is 5.73. The van der Waals surface area contributed by atoms with Gasteiger partial charge in [-0.05, 0) is 79.7 Å². The first-order valence-corrected chi connectivity index (χ1v) is 9.37. The van der Waals surface area contributed by atoms with Gasteiger partial charge < -0.3 is 16.0 Å². The third-order valence-corrected chi connectivity index (χ3v) is 4.83. The van der Waals surface area contributed by atoms with Crippen LogP contribution in [0.4, 0.5) is 24.5 Å². The number of hydrogen-bond acceptors (Lipinski definition) is 4. The van der Waals surface area contributed by atoms with Gasteiger partial charge in [0.15, 0.2) is 0 Å². The number of alkyl halides is 3. The summed E-state index contributed by atoms with van der Waals surface area (Å²) in [6, 6.07) is 8.53. The molecule has 0 unspecified atom stereocenters. The van der Waals surface area contributed by atoms with Gasteiger partial charge in [-0.25, -0.2) is 4.98 Å². The summed E-state index contributed by atoms with van der Waals surface area (Å²) >= 11 is 0. The average molecular weight is 390 g/mol. The van der Waals surface area contributed by atoms with E-state index in [9.17, 15) is 13.2 Å². The first kappa shape index (κ1) is 20.2. The van der Waals surface area contributed by atoms with Crippen molar-refractivity contribution < 1.29 is 13.2 Å². The number of pyridine rings is 1. The van der Waals surface area contributed by atoms with Gasteiger partial charge >= 0.3 is 6.18 Å². The molecule has 1 saturated heterocycles. The van der Waals surface area contributed by atoms with Crippen LogP contribution in [0.15, 0.2) is 42.7 Å². The summed E-state index contributed by atoms with van der Waals surface area (Å²) in [6.07, 6.45) is 0.979. The van der Waals surface area contributed by atoms with Crippen LogP contribution in [0, 0.1) is 12.8 Å². The Bertz CT molecular complexity index is 823. The van der Waals surface area contributed by atoms with Gasteiger partial charge in [-0.15, -0.1) is 0 Å². The van der Waals surface area contributed by atoms with Gasteiger partial charge in [-0.2, -0.15) is 13.2 Å². The average Bonchev–Trinajstić information content (AvgIpc) is 2.66. The van der Waals surface area contributed by atoms with E-state index in [0.717, 1.165) is 48.8 Å². The SMILES string of the molecule is CN/C=C(\c1cc(C)cc(Nc2ccc(C(F)(F)F)nc2)c1)C1CCNCC1. The number of nitrogens with one attached hydrogen (secondary N) is 3. The maximum atomic E-state index is 12.7. The Kier molecular flexibility index (Phi) is 6.24. The van der Waals surface area contributed by atoms with Crippen molar-refractivity contribution >= 4 is 16.9 Å². The lowest BCUT2D eigenvalue weighted by Crippen LogP contribution is -2.28. The lowest BCUT2D eigenvalue weighted by Gasteiger charge is -2.26. The van der Waals surface area contributed by atoms with Crippen LogP contribution in [-0.4, -0.2) is 25.1 Å². The van der Waals surface area contributed by atoms with Crippen LogP contribution in [0.2, 0.25) is 0 Å². The number of nitrogens with zero attached hydrogens (tertiary/aromatic N) is 1. The van der Waals surface area contributed by atoms with Crippen molar-refractivity contribution in [2.75, 3.05) is 25.5 Å². The molecule has 7 heteroatoms. The van der Waals surface area contributed by atoms with Crippen LogP contribution in [0.1, 0.15) is 29.7 Å². The monoisotopic (exact) mass is 390 g/mol. The summed E-state index contributed by atoms with van der Waals surface area (Å²) in [5.41, 5.74) is 3.90. The van der Waals surface area contributed by atoms with Crippen molar-refractivity contribution in [1.82, 2.24) is 15.6 Å². The molecule has 0 saturated carbocycles. The number of benzene rings is 1. The van der Waals surface area contributed by atoms with Crippen LogP contribution < -0.4 is 16.0 Å². The number of hydrogen-bond donors (Lipinski definition) is 3. The number of allylic oxidation sites excluding steroid dienone is 1. The molecule has 0 bridgehead atoms. The summed E-state index contributed by atoms with van der Waals surface area (Å²) < 4.78 is 38.1. The summed E-state index contributed by atoms with van der Waals surface area (Å²) in [5, 5.41) is 9.71. The van der Waals surface area contributed by atoms with E-state index < -0.39 is 11.9 Å². The zero-order chi connectivity index (χ0) is 20.1. The number of aryl methyl sites for hydroxylation is 1. The Morgan fingerprint density at radius 3 is 2.50 bits per heavy atom. The summed E-state index contributed by atoms with van der Waals surface area (Å²) in [6.45, 7) is 4.01. The van der Waals surface area contributed by atoms with Gasteiger partial charge in [0.2, 0.25) is 0 Å². The minimum absolute atomic E-state index is 0.469. The molecular formula is C21H25F3N4. The van der Waals surface area contributed by atoms with Gasteiger partial charge in [-0.1, -0.05) is 6.07 Å². The molecule has 28 heavy (non-hydrogen) atoms. The third-order valence-electron chi connectivity index (χ3n) is 4.83. The van der Waals surface area contributed by atoms with Crippen molar-refractivity contribution in [3.63, 3.8) is 0 Å². The fourth-order valence-electron chi connectivity index (χ4n) is 3.55. The van der Waals surface area contributed by atoms with E-state index in [1.165, 1.54) is 17.8 Å². The molecule has 2 aromatic rings. The highest BCUT2D eigenvalue weighted by atomic mass is 19.4. The van der Waals surface area contributed by atoms with Gasteiger partial charge in [0.25, 0.3) is 0 Å². The summed E-state index contributed by atoms with van der Waals surface area (Å²) in [4.78, 5) is 3.51. The predicted molar refractivity (Wildman–Crippen MR) is 106 cm³/mol. The van der Waals surface area contributed by atoms with Gasteiger partial charge in [-0.3, -0.25) is 0 Å². The largest absolute Gasteiger partial charge is 0.433 e. The quantitative estimate of drug-likeness (QED) is 0.692. The summed E-state index contributed by atoms with van der Waals surface area (Å²) in [7, 11) is 1.89. The second-order valence-corrected chi connectivity index (χ2v) is 7.06. The van der Waals surface area contributed by atoms with Crippen molar-refractivity contribution in [2.45, 2.75) is 25.9 Å². The van der Waals surface area contributed by atoms with Crippen molar-refractivity contribution in [1.29, 1.82) is 0 Å². The standard InChI is InChI=1S/C21H25F3N4/c1-14-9-16(19(13-25-2)15-5-7-26-8-6-15)11-18(10-14)28-17-3-4-20(27-12-17)21(22,23)24/h3-4,9-13,15,25-26,28H,5-8H2,1-2H3/b19-13-. The molecule has 1 fully saturated rings. The molecule has 0 radical (unpaired) electrons. The molecule has 1 aromatic heterocycles. The number of anilines is 2. The maximum absolute atomic E-state index is 12.7. The zero-order valence-electron chi connectivity index (χ0n) is 16.0. The van der Waals surface area contributed by atoms with Crippen molar-refractivity contribution in [2.24, 2.45) is 5.92 Å². The smallest absolute Gasteiger partial charge is 0.394 e. The van der Waals surface area contributed by atoms with Crippen molar-refractivity contribution in [3.8, 4) is 0 Å². The maximum Gasteiger partial charge on any atom is 0.433 e. The molecule has 1 aromatic carbocycles. The van der Waals surface area contributed by atoms with E-state index in [2.05, 4.69) is 27.0 Å². The Balaban J connectivity index is 1.85. The normalized spacial score (nSPS) is 16.1. The molecule has 3 N–H and O–H groups in total. The Hall–Kier alpha value is -2.54. The van der Waals surface area contributed by atoms with E-state index in [1.807, 2.05) is 32.3 Å². The topological polar surface area (TPSA) is 49.0 Å². The number of aromatic nitrogens is 1. The van der Waals surface area contributed by atoms with E-state index >= 15 is 0 Å². The van der Waals surface area contributed by atoms with E-state index in [0.29, 0.717) is 11.6 Å². The summed E-state index contributed by atoms with van der Waals surface area (Å²) in [5.74, 6) is 0.469. The molecular weight excluding hydrogens is 365 g/mol. The molecule has 3 rings (SSSR count). The lowest BCUT2D eigenvalue weighted by atomic mass is 9.85. The van der Waals surface area contributed by atoms with Crippen LogP contribution >= 0.6 is 0 Å². The minimum atomic E-state index is -4.43. The molecule has 0 atom stereocenters. The molecule has 0 spiro atoms. The van der Waals surface area contributed by atoms with Crippen LogP contribution in [0.5, 0.6) is 0 Å². The van der Waals surface area contributed by atoms with E-state index in [4.69, 9.17) is 0 Å². The molecule has 1 aliphatic heterocycles. The first-order valence-electron chi connectivity index (χ1n) is 9.37. The Morgan fingerprint density at radius 2 is 1.89 bits per heavy atom. The number of halogens is 3. The minimum Gasteiger partial charge on any atom is -0.394 e. The zero-order valence-corrected chi connectivity index (χ0v) is 16.0. The molecule has 0 amide bonds. The molecule has 1 aliphatic rings. The highest BCUT2D eigenvalue weighted by Crippen LogP contribution is 2.33. The van der Waals surface area contributed by atoms with Gasteiger partial charge in [0, 0.05) is 18.9 Å². The van der Waals surface area contributed by atoms with E-state index in [-0.39, 0.29) is 0 Å². The fourth-order valence-corrected chi connectivity index (χ4v) is 3.55. The predicted octanol–water partition coefficient (Wildman–Crippen LogP) is 4.71. The Morgan fingerprint density at radius 1 is 1.14 bits per heavy atom. The second-order valence-electron chi connectivity index (χ2n) is 7.06. The van der Waals surface area contributed by atoms with E-state index in [1.54, 1.807) is 0 Å². The second kappa shape index (κ2) is 8.65. The van der Waals surface area contributed by atoms with Crippen LogP contribution in [0.3, 0.4) is 0 Å². The van der Waals surface area contributed by atoms with Gasteiger partial charge in [0.05, 0.1) is 11.9 Å². The fraction of sp³-hybridized carbons (Fsp3) is 0.381.